The Morgan fingerprint density at radius 2 is 0.567 bits per heavy atom. The van der Waals surface area contributed by atoms with Crippen molar-refractivity contribution in [1.29, 1.82) is 0 Å². The van der Waals surface area contributed by atoms with E-state index in [0.29, 0.717) is 0 Å². The third-order valence-corrected chi connectivity index (χ3v) is 16.2. The number of fused-ring (bicyclic) bond motifs is 20. The molecule has 8 heterocycles. The predicted molar refractivity (Wildman–Crippen MR) is 366 cm³/mol. The van der Waals surface area contributed by atoms with Crippen molar-refractivity contribution in [3.8, 4) is 0 Å². The first-order chi connectivity index (χ1) is 42.3. The Morgan fingerprint density at radius 3 is 0.856 bits per heavy atom. The fourth-order valence-corrected chi connectivity index (χ4v) is 11.8. The zero-order valence-corrected chi connectivity index (χ0v) is 57.3. The van der Waals surface area contributed by atoms with E-state index in [2.05, 4.69) is 307 Å². The number of aromatic nitrogens is 10. The van der Waals surface area contributed by atoms with Crippen LogP contribution in [0, 0.1) is 24.8 Å². The van der Waals surface area contributed by atoms with Crippen LogP contribution in [0.15, 0.2) is 207 Å². The fraction of sp³-hybridized carbons (Fsp3) is 0.205. The first-order valence-electron chi connectivity index (χ1n) is 30.1. The van der Waals surface area contributed by atoms with Gasteiger partial charge in [0.15, 0.2) is 0 Å². The maximum Gasteiger partial charge on any atom is 2.00 e. The second-order valence-corrected chi connectivity index (χ2v) is 26.6. The van der Waals surface area contributed by atoms with E-state index in [-0.39, 0.29) is 64.0 Å². The molecule has 0 amide bonds. The largest absolute Gasteiger partial charge is 2.00 e. The summed E-state index contributed by atoms with van der Waals surface area (Å²) in [6.07, 6.45) is 9.58. The topological polar surface area (TPSA) is 96.0 Å². The maximum absolute atomic E-state index is 4.91. The standard InChI is InChI=1S/2C29H17N2.2C10H18N3.2Pt/c2*1-3-11-21-19(9-1)20-10-2-4-12-22(20)26-16-8-18-30-29(26)31-27-17-6-5-13-23(27)25-15-7-14-24(21)28(25)31;2*1-9(2,3)8-11-7-13(12-8)10(4,5)6;;/h2*1-16,18H;2*1-6H3;;/q4*-1;2*+2. The van der Waals surface area contributed by atoms with Gasteiger partial charge in [-0.25, -0.2) is 9.97 Å². The SMILES string of the molecule is CC(C)(C)c1n[c-]n(C(C)(C)C)n1.CC(C)(C)c1n[c-]n(C(C)(C)C)n1.[Pt+2].[Pt+2].[c-]1cccc2c3cccc4c5ccccc5c5ccccc5c5cccnc5n(c12)c43.[c-]1cccc2c3cccc4c5ccccc5c5ccccc5c5cccnc5n(c12)c43. The van der Waals surface area contributed by atoms with Crippen molar-refractivity contribution in [3.63, 3.8) is 0 Å². The Labute approximate surface area is 553 Å². The van der Waals surface area contributed by atoms with E-state index in [1.165, 1.54) is 86.4 Å². The van der Waals surface area contributed by atoms with Crippen LogP contribution in [0.25, 0.3) is 120 Å². The minimum Gasteiger partial charge on any atom is -0.417 e. The molecule has 0 unspecified atom stereocenters. The molecular weight excluding hydrogens is 1470 g/mol. The van der Waals surface area contributed by atoms with Crippen LogP contribution in [0.4, 0.5) is 0 Å². The Morgan fingerprint density at radius 1 is 0.300 bits per heavy atom. The van der Waals surface area contributed by atoms with Gasteiger partial charge < -0.3 is 28.1 Å². The van der Waals surface area contributed by atoms with Crippen molar-refractivity contribution in [2.24, 2.45) is 0 Å². The van der Waals surface area contributed by atoms with Gasteiger partial charge in [-0.3, -0.25) is 10.2 Å². The van der Waals surface area contributed by atoms with E-state index in [1.807, 2.05) is 36.7 Å². The summed E-state index contributed by atoms with van der Waals surface area (Å²) in [4.78, 5) is 18.2. The minimum absolute atomic E-state index is 0. The molecule has 0 aliphatic heterocycles. The molecule has 0 aliphatic carbocycles. The molecule has 8 aromatic carbocycles. The number of benzene rings is 8. The van der Waals surface area contributed by atoms with Gasteiger partial charge in [0.2, 0.25) is 0 Å². The van der Waals surface area contributed by atoms with Crippen molar-refractivity contribution >= 4 is 120 Å². The molecule has 0 N–H and O–H groups in total. The van der Waals surface area contributed by atoms with Gasteiger partial charge in [-0.05, 0) is 155 Å². The zero-order valence-electron chi connectivity index (χ0n) is 52.7. The van der Waals surface area contributed by atoms with Crippen LogP contribution in [0.3, 0.4) is 0 Å². The number of hydrogen-bond acceptors (Lipinski definition) is 6. The number of para-hydroxylation sites is 4. The quantitative estimate of drug-likeness (QED) is 0.140. The summed E-state index contributed by atoms with van der Waals surface area (Å²) in [6.45, 7) is 25.1. The molecule has 90 heavy (non-hydrogen) atoms. The van der Waals surface area contributed by atoms with E-state index >= 15 is 0 Å². The van der Waals surface area contributed by atoms with Gasteiger partial charge in [-0.15, -0.1) is 10.8 Å². The molecule has 0 aliphatic rings. The number of nitrogens with zero attached hydrogens (tertiary/aromatic N) is 10. The molecule has 0 saturated heterocycles. The third-order valence-electron chi connectivity index (χ3n) is 16.2. The zero-order chi connectivity index (χ0) is 61.3. The number of pyridine rings is 2. The molecule has 0 radical (unpaired) electrons. The van der Waals surface area contributed by atoms with E-state index in [9.17, 15) is 0 Å². The Bertz CT molecular complexity index is 5020. The average molecular weight is 1540 g/mol. The van der Waals surface area contributed by atoms with Gasteiger partial charge in [0, 0.05) is 56.0 Å². The van der Waals surface area contributed by atoms with Crippen LogP contribution in [0.1, 0.15) is 94.7 Å². The summed E-state index contributed by atoms with van der Waals surface area (Å²) >= 11 is 0. The minimum atomic E-state index is -0.0312. The first-order valence-corrected chi connectivity index (χ1v) is 30.1. The van der Waals surface area contributed by atoms with Gasteiger partial charge in [0.05, 0.1) is 0 Å². The summed E-state index contributed by atoms with van der Waals surface area (Å²) in [7, 11) is 0. The summed E-state index contributed by atoms with van der Waals surface area (Å²) in [6, 6.07) is 75.8. The van der Waals surface area contributed by atoms with Crippen LogP contribution >= 0.6 is 0 Å². The number of hydrogen-bond donors (Lipinski definition) is 0. The van der Waals surface area contributed by atoms with Crippen molar-refractivity contribution in [3.05, 3.63) is 243 Å². The predicted octanol–water partition coefficient (Wildman–Crippen LogP) is 19.2. The molecule has 12 heteroatoms. The molecule has 452 valence electrons. The maximum atomic E-state index is 4.91. The summed E-state index contributed by atoms with van der Waals surface area (Å²) in [5.41, 5.74) is 6.31. The number of rotatable bonds is 0. The van der Waals surface area contributed by atoms with Crippen LogP contribution in [-0.4, -0.2) is 48.3 Å². The molecule has 0 fully saturated rings. The summed E-state index contributed by atoms with van der Waals surface area (Å²) in [5.74, 6) is 1.70. The van der Waals surface area contributed by atoms with Crippen LogP contribution in [0.2, 0.25) is 0 Å². The molecule has 10 nitrogen and oxygen atoms in total. The molecule has 0 spiro atoms. The van der Waals surface area contributed by atoms with Crippen LogP contribution in [-0.2, 0) is 64.0 Å². The van der Waals surface area contributed by atoms with Gasteiger partial charge in [-0.1, -0.05) is 186 Å². The molecule has 16 rings (SSSR count). The van der Waals surface area contributed by atoms with E-state index in [0.717, 1.165) is 44.7 Å². The first kappa shape index (κ1) is 62.9. The summed E-state index contributed by atoms with van der Waals surface area (Å²) in [5, 5.41) is 28.1. The average Bonchev–Trinajstić information content (AvgIpc) is 1.57. The van der Waals surface area contributed by atoms with Gasteiger partial charge >= 0.3 is 42.1 Å². The van der Waals surface area contributed by atoms with Crippen LogP contribution in [0.5, 0.6) is 0 Å². The van der Waals surface area contributed by atoms with Crippen LogP contribution < -0.4 is 0 Å². The van der Waals surface area contributed by atoms with Gasteiger partial charge in [0.25, 0.3) is 0 Å². The van der Waals surface area contributed by atoms with Crippen molar-refractivity contribution in [2.75, 3.05) is 0 Å². The smallest absolute Gasteiger partial charge is 0.417 e. The Kier molecular flexibility index (Phi) is 17.2. The van der Waals surface area contributed by atoms with E-state index < -0.39 is 0 Å². The Hall–Kier alpha value is -8.68. The van der Waals surface area contributed by atoms with Gasteiger partial charge in [-0.2, -0.15) is 48.5 Å². The van der Waals surface area contributed by atoms with E-state index in [1.54, 1.807) is 9.36 Å². The van der Waals surface area contributed by atoms with Crippen molar-refractivity contribution in [2.45, 2.75) is 105 Å². The molecule has 0 atom stereocenters. The normalized spacial score (nSPS) is 12.0. The molecule has 8 aromatic heterocycles. The monoisotopic (exact) mass is 1540 g/mol. The van der Waals surface area contributed by atoms with Gasteiger partial charge in [0.1, 0.15) is 11.3 Å². The molecule has 16 aromatic rings. The second kappa shape index (κ2) is 24.6. The van der Waals surface area contributed by atoms with Crippen molar-refractivity contribution < 1.29 is 42.1 Å². The van der Waals surface area contributed by atoms with Crippen molar-refractivity contribution in [1.82, 2.24) is 48.3 Å². The molecular formula is C78H70N10Pt2. The second-order valence-electron chi connectivity index (χ2n) is 26.6. The summed E-state index contributed by atoms with van der Waals surface area (Å²) < 4.78 is 8.17. The Balaban J connectivity index is 0.000000133. The molecule has 0 bridgehead atoms. The fourth-order valence-electron chi connectivity index (χ4n) is 11.8. The third kappa shape index (κ3) is 11.5. The van der Waals surface area contributed by atoms with E-state index in [4.69, 9.17) is 9.97 Å². The molecule has 0 saturated carbocycles.